The lowest BCUT2D eigenvalue weighted by atomic mass is 10.1. The molecule has 1 heterocycles. The lowest BCUT2D eigenvalue weighted by Gasteiger charge is -2.13. The minimum Gasteiger partial charge on any atom is -0.493 e. The number of amides is 3. The van der Waals surface area contributed by atoms with E-state index in [0.717, 1.165) is 16.7 Å². The molecule has 1 aliphatic heterocycles. The minimum absolute atomic E-state index is 0.0000320. The van der Waals surface area contributed by atoms with Gasteiger partial charge in [-0.25, -0.2) is 0 Å². The van der Waals surface area contributed by atoms with Gasteiger partial charge in [0.25, 0.3) is 11.1 Å². The van der Waals surface area contributed by atoms with E-state index in [0.29, 0.717) is 27.2 Å². The number of imide groups is 1. The average molecular weight is 501 g/mol. The minimum atomic E-state index is -0.569. The summed E-state index contributed by atoms with van der Waals surface area (Å²) in [5.41, 5.74) is 1.08. The van der Waals surface area contributed by atoms with Gasteiger partial charge in [-0.05, 0) is 42.1 Å². The van der Waals surface area contributed by atoms with Gasteiger partial charge >= 0.3 is 0 Å². The van der Waals surface area contributed by atoms with E-state index >= 15 is 0 Å². The van der Waals surface area contributed by atoms with Crippen molar-refractivity contribution in [2.24, 2.45) is 0 Å². The third-order valence-corrected chi connectivity index (χ3v) is 5.45. The van der Waals surface area contributed by atoms with Crippen LogP contribution in [0.5, 0.6) is 11.5 Å². The molecule has 3 rings (SSSR count). The van der Waals surface area contributed by atoms with Crippen LogP contribution in [-0.4, -0.2) is 42.2 Å². The predicted octanol–water partition coefficient (Wildman–Crippen LogP) is 4.14. The van der Waals surface area contributed by atoms with Gasteiger partial charge in [0.05, 0.1) is 12.0 Å². The second-order valence-electron chi connectivity index (χ2n) is 6.20. The van der Waals surface area contributed by atoms with Crippen molar-refractivity contribution in [3.63, 3.8) is 0 Å². The number of anilines is 1. The SMILES string of the molecule is C#CCOc1c(/C=C2/SC(=O)N(CC(=O)Nc3ccccc3)C2=O)cc(Br)cc1OC. The Morgan fingerprint density at radius 1 is 1.29 bits per heavy atom. The number of halogens is 1. The number of thioether (sulfide) groups is 1. The number of hydrogen-bond donors (Lipinski definition) is 1. The molecule has 0 atom stereocenters. The summed E-state index contributed by atoms with van der Waals surface area (Å²) in [6, 6.07) is 12.2. The van der Waals surface area contributed by atoms with Gasteiger partial charge in [-0.3, -0.25) is 19.3 Å². The van der Waals surface area contributed by atoms with Gasteiger partial charge in [0.1, 0.15) is 13.2 Å². The van der Waals surface area contributed by atoms with E-state index in [9.17, 15) is 14.4 Å². The summed E-state index contributed by atoms with van der Waals surface area (Å²) in [5, 5.41) is 2.12. The molecule has 0 aliphatic carbocycles. The molecule has 1 aliphatic rings. The Morgan fingerprint density at radius 3 is 2.71 bits per heavy atom. The highest BCUT2D eigenvalue weighted by Gasteiger charge is 2.36. The number of rotatable bonds is 7. The Balaban J connectivity index is 1.82. The number of nitrogens with zero attached hydrogens (tertiary/aromatic N) is 1. The standard InChI is InChI=1S/C22H17BrN2O5S/c1-3-9-30-20-14(10-15(23)12-17(20)29-2)11-18-21(27)25(22(28)31-18)13-19(26)24-16-7-5-4-6-8-16/h1,4-8,10-12H,9,13H2,2H3,(H,24,26)/b18-11+. The van der Waals surface area contributed by atoms with Gasteiger partial charge in [0.2, 0.25) is 5.91 Å². The van der Waals surface area contributed by atoms with Gasteiger partial charge in [0.15, 0.2) is 11.5 Å². The number of benzene rings is 2. The van der Waals surface area contributed by atoms with E-state index in [1.54, 1.807) is 36.4 Å². The fraction of sp³-hybridized carbons (Fsp3) is 0.136. The molecular weight excluding hydrogens is 484 g/mol. The van der Waals surface area contributed by atoms with Crippen molar-refractivity contribution in [3.8, 4) is 23.8 Å². The average Bonchev–Trinajstić information content (AvgIpc) is 3.00. The van der Waals surface area contributed by atoms with Crippen LogP contribution in [0.1, 0.15) is 5.56 Å². The van der Waals surface area contributed by atoms with Gasteiger partial charge in [-0.1, -0.05) is 40.0 Å². The molecule has 3 amide bonds. The molecule has 0 unspecified atom stereocenters. The number of hydrogen-bond acceptors (Lipinski definition) is 6. The molecular formula is C22H17BrN2O5S. The van der Waals surface area contributed by atoms with E-state index in [-0.39, 0.29) is 18.1 Å². The van der Waals surface area contributed by atoms with E-state index in [2.05, 4.69) is 27.2 Å². The Bertz CT molecular complexity index is 1100. The van der Waals surface area contributed by atoms with E-state index in [1.165, 1.54) is 13.2 Å². The normalized spacial score (nSPS) is 14.5. The quantitative estimate of drug-likeness (QED) is 0.454. The first-order chi connectivity index (χ1) is 14.9. The lowest BCUT2D eigenvalue weighted by Crippen LogP contribution is -2.36. The maximum absolute atomic E-state index is 12.8. The molecule has 1 saturated heterocycles. The maximum atomic E-state index is 12.8. The zero-order chi connectivity index (χ0) is 22.4. The third-order valence-electron chi connectivity index (χ3n) is 4.09. The lowest BCUT2D eigenvalue weighted by molar-refractivity contribution is -0.127. The molecule has 2 aromatic carbocycles. The summed E-state index contributed by atoms with van der Waals surface area (Å²) in [5.74, 6) is 2.09. The first-order valence-electron chi connectivity index (χ1n) is 8.97. The van der Waals surface area contributed by atoms with Crippen LogP contribution in [0.25, 0.3) is 6.08 Å². The molecule has 1 fully saturated rings. The molecule has 0 bridgehead atoms. The smallest absolute Gasteiger partial charge is 0.294 e. The highest BCUT2D eigenvalue weighted by Crippen LogP contribution is 2.39. The van der Waals surface area contributed by atoms with Crippen molar-refractivity contribution in [2.45, 2.75) is 0 Å². The summed E-state index contributed by atoms with van der Waals surface area (Å²) in [6.07, 6.45) is 6.80. The fourth-order valence-electron chi connectivity index (χ4n) is 2.76. The van der Waals surface area contributed by atoms with E-state index < -0.39 is 17.1 Å². The zero-order valence-corrected chi connectivity index (χ0v) is 18.8. The largest absolute Gasteiger partial charge is 0.493 e. The number of methoxy groups -OCH3 is 1. The Morgan fingerprint density at radius 2 is 2.03 bits per heavy atom. The second kappa shape index (κ2) is 10.2. The summed E-state index contributed by atoms with van der Waals surface area (Å²) < 4.78 is 11.6. The highest BCUT2D eigenvalue weighted by molar-refractivity contribution is 9.10. The summed E-state index contributed by atoms with van der Waals surface area (Å²) in [6.45, 7) is -0.390. The summed E-state index contributed by atoms with van der Waals surface area (Å²) in [7, 11) is 1.48. The zero-order valence-electron chi connectivity index (χ0n) is 16.4. The van der Waals surface area contributed by atoms with Gasteiger partial charge in [-0.2, -0.15) is 0 Å². The third kappa shape index (κ3) is 5.48. The number of para-hydroxylation sites is 1. The molecule has 1 N–H and O–H groups in total. The van der Waals surface area contributed by atoms with E-state index in [4.69, 9.17) is 15.9 Å². The molecule has 9 heteroatoms. The molecule has 7 nitrogen and oxygen atoms in total. The fourth-order valence-corrected chi connectivity index (χ4v) is 4.04. The van der Waals surface area contributed by atoms with Crippen molar-refractivity contribution in [2.75, 3.05) is 25.6 Å². The number of nitrogens with one attached hydrogen (secondary N) is 1. The van der Waals surface area contributed by atoms with Crippen LogP contribution in [0.15, 0.2) is 51.8 Å². The monoisotopic (exact) mass is 500 g/mol. The van der Waals surface area contributed by atoms with Crippen LogP contribution in [0, 0.1) is 12.3 Å². The first kappa shape index (κ1) is 22.5. The number of carbonyl (C=O) groups excluding carboxylic acids is 3. The van der Waals surface area contributed by atoms with Gasteiger partial charge in [0, 0.05) is 15.7 Å². The number of carbonyl (C=O) groups is 3. The van der Waals surface area contributed by atoms with Gasteiger partial charge < -0.3 is 14.8 Å². The Kier molecular flexibility index (Phi) is 7.39. The first-order valence-corrected chi connectivity index (χ1v) is 10.6. The van der Waals surface area contributed by atoms with Crippen LogP contribution in [0.4, 0.5) is 10.5 Å². The van der Waals surface area contributed by atoms with Crippen molar-refractivity contribution in [3.05, 3.63) is 57.4 Å². The molecule has 0 radical (unpaired) electrons. The van der Waals surface area contributed by atoms with Gasteiger partial charge in [-0.15, -0.1) is 6.42 Å². The molecule has 2 aromatic rings. The Hall–Kier alpha value is -3.22. The number of terminal acetylenes is 1. The molecule has 31 heavy (non-hydrogen) atoms. The van der Waals surface area contributed by atoms with Crippen molar-refractivity contribution >= 4 is 56.5 Å². The molecule has 158 valence electrons. The second-order valence-corrected chi connectivity index (χ2v) is 8.11. The predicted molar refractivity (Wildman–Crippen MR) is 123 cm³/mol. The van der Waals surface area contributed by atoms with Crippen molar-refractivity contribution in [1.29, 1.82) is 0 Å². The summed E-state index contributed by atoms with van der Waals surface area (Å²) >= 11 is 4.12. The highest BCUT2D eigenvalue weighted by atomic mass is 79.9. The Labute approximate surface area is 191 Å². The van der Waals surface area contributed by atoms with Crippen LogP contribution in [-0.2, 0) is 9.59 Å². The molecule has 0 aromatic heterocycles. The van der Waals surface area contributed by atoms with Crippen LogP contribution >= 0.6 is 27.7 Å². The molecule has 0 spiro atoms. The number of ether oxygens (including phenoxy) is 2. The van der Waals surface area contributed by atoms with Crippen molar-refractivity contribution in [1.82, 2.24) is 4.90 Å². The van der Waals surface area contributed by atoms with Crippen LogP contribution < -0.4 is 14.8 Å². The van der Waals surface area contributed by atoms with Crippen LogP contribution in [0.3, 0.4) is 0 Å². The van der Waals surface area contributed by atoms with Crippen LogP contribution in [0.2, 0.25) is 0 Å². The van der Waals surface area contributed by atoms with Crippen molar-refractivity contribution < 1.29 is 23.9 Å². The topological polar surface area (TPSA) is 84.9 Å². The van der Waals surface area contributed by atoms with E-state index in [1.807, 2.05) is 6.07 Å². The summed E-state index contributed by atoms with van der Waals surface area (Å²) in [4.78, 5) is 38.5. The maximum Gasteiger partial charge on any atom is 0.294 e. The molecule has 0 saturated carbocycles.